The van der Waals surface area contributed by atoms with E-state index in [1.807, 2.05) is 0 Å². The molecule has 0 aliphatic carbocycles. The van der Waals surface area contributed by atoms with Crippen LogP contribution in [-0.4, -0.2) is 72.9 Å². The van der Waals surface area contributed by atoms with Gasteiger partial charge in [-0.05, 0) is 0 Å². The van der Waals surface area contributed by atoms with Crippen molar-refractivity contribution >= 4 is 23.6 Å². The van der Waals surface area contributed by atoms with Gasteiger partial charge < -0.3 is 19.5 Å². The van der Waals surface area contributed by atoms with Crippen LogP contribution in [0.2, 0.25) is 0 Å². The van der Waals surface area contributed by atoms with Crippen LogP contribution >= 0.6 is 11.8 Å². The molecular formula is C10H17NO5S. The number of hydrogen-bond acceptors (Lipinski definition) is 5. The Morgan fingerprint density at radius 1 is 1.47 bits per heavy atom. The van der Waals surface area contributed by atoms with Crippen LogP contribution in [0.3, 0.4) is 0 Å². The first-order valence-corrected chi connectivity index (χ1v) is 6.49. The fourth-order valence-electron chi connectivity index (χ4n) is 1.49. The molecule has 0 spiro atoms. The van der Waals surface area contributed by atoms with Gasteiger partial charge in [-0.2, -0.15) is 11.8 Å². The summed E-state index contributed by atoms with van der Waals surface area (Å²) in [5.74, 6) is -0.0107. The Balaban J connectivity index is 2.39. The van der Waals surface area contributed by atoms with E-state index in [0.717, 1.165) is 5.75 Å². The fourth-order valence-corrected chi connectivity index (χ4v) is 2.53. The summed E-state index contributed by atoms with van der Waals surface area (Å²) in [6, 6.07) is -0.729. The quantitative estimate of drug-likeness (QED) is 0.662. The maximum absolute atomic E-state index is 11.8. The van der Waals surface area contributed by atoms with Crippen molar-refractivity contribution in [2.45, 2.75) is 6.04 Å². The predicted molar refractivity (Wildman–Crippen MR) is 63.2 cm³/mol. The number of hydrogen-bond donors (Lipinski definition) is 1. The normalized spacial score (nSPS) is 20.3. The summed E-state index contributed by atoms with van der Waals surface area (Å²) in [7, 11) is 1.55. The molecule has 0 saturated carbocycles. The molecule has 1 heterocycles. The summed E-state index contributed by atoms with van der Waals surface area (Å²) in [6.45, 7) is 1.14. The van der Waals surface area contributed by atoms with Gasteiger partial charge in [0.1, 0.15) is 12.6 Å². The number of amides is 1. The molecule has 17 heavy (non-hydrogen) atoms. The molecule has 1 saturated heterocycles. The summed E-state index contributed by atoms with van der Waals surface area (Å²) in [5, 5.41) is 9.00. The van der Waals surface area contributed by atoms with Gasteiger partial charge in [0.25, 0.3) is 0 Å². The highest BCUT2D eigenvalue weighted by atomic mass is 32.2. The van der Waals surface area contributed by atoms with E-state index in [9.17, 15) is 9.59 Å². The maximum Gasteiger partial charge on any atom is 0.327 e. The van der Waals surface area contributed by atoms with Crippen LogP contribution in [0.15, 0.2) is 0 Å². The molecule has 1 aliphatic heterocycles. The third-order valence-electron chi connectivity index (χ3n) is 2.39. The van der Waals surface area contributed by atoms with Crippen molar-refractivity contribution in [1.29, 1.82) is 0 Å². The Kier molecular flexibility index (Phi) is 6.31. The Hall–Kier alpha value is -0.790. The minimum atomic E-state index is -0.956. The van der Waals surface area contributed by atoms with Crippen LogP contribution < -0.4 is 0 Å². The van der Waals surface area contributed by atoms with E-state index >= 15 is 0 Å². The number of methoxy groups -OCH3 is 1. The monoisotopic (exact) mass is 263 g/mol. The summed E-state index contributed by atoms with van der Waals surface area (Å²) >= 11 is 1.55. The van der Waals surface area contributed by atoms with Crippen LogP contribution in [-0.2, 0) is 19.1 Å². The Labute approximate surface area is 104 Å². The molecule has 1 fully saturated rings. The minimum absolute atomic E-state index is 0.0855. The van der Waals surface area contributed by atoms with Crippen molar-refractivity contribution in [2.75, 3.05) is 45.0 Å². The zero-order valence-electron chi connectivity index (χ0n) is 9.76. The second-order valence-electron chi connectivity index (χ2n) is 3.56. The van der Waals surface area contributed by atoms with E-state index in [2.05, 4.69) is 0 Å². The molecule has 1 aliphatic rings. The van der Waals surface area contributed by atoms with Gasteiger partial charge in [-0.25, -0.2) is 4.79 Å². The molecule has 0 aromatic heterocycles. The highest BCUT2D eigenvalue weighted by Crippen LogP contribution is 2.16. The van der Waals surface area contributed by atoms with Crippen molar-refractivity contribution in [3.8, 4) is 0 Å². The lowest BCUT2D eigenvalue weighted by atomic mass is 10.2. The van der Waals surface area contributed by atoms with Crippen molar-refractivity contribution < 1.29 is 24.2 Å². The fraction of sp³-hybridized carbons (Fsp3) is 0.800. The number of carboxylic acid groups (broad SMARTS) is 1. The molecule has 1 atom stereocenters. The van der Waals surface area contributed by atoms with E-state index in [-0.39, 0.29) is 12.5 Å². The van der Waals surface area contributed by atoms with Gasteiger partial charge in [-0.15, -0.1) is 0 Å². The molecule has 1 amide bonds. The summed E-state index contributed by atoms with van der Waals surface area (Å²) in [4.78, 5) is 24.1. The molecule has 1 N–H and O–H groups in total. The summed E-state index contributed by atoms with van der Waals surface area (Å²) < 4.78 is 9.88. The number of aliphatic carboxylic acids is 1. The first-order valence-electron chi connectivity index (χ1n) is 5.33. The van der Waals surface area contributed by atoms with Crippen LogP contribution in [0.5, 0.6) is 0 Å². The van der Waals surface area contributed by atoms with Gasteiger partial charge in [-0.3, -0.25) is 4.79 Å². The number of carboxylic acids is 1. The third kappa shape index (κ3) is 4.53. The number of rotatable bonds is 6. The number of nitrogens with zero attached hydrogens (tertiary/aromatic N) is 1. The van der Waals surface area contributed by atoms with Gasteiger partial charge in [-0.1, -0.05) is 0 Å². The zero-order chi connectivity index (χ0) is 12.7. The molecule has 0 aromatic carbocycles. The Morgan fingerprint density at radius 2 is 2.24 bits per heavy atom. The standard InChI is InChI=1S/C10H17NO5S/c1-15-3-4-16-6-9(12)11-2-5-17-7-8(11)10(13)14/h8H,2-7H2,1H3,(H,13,14). The Morgan fingerprint density at radius 3 is 2.88 bits per heavy atom. The lowest BCUT2D eigenvalue weighted by Crippen LogP contribution is -2.51. The van der Waals surface area contributed by atoms with E-state index < -0.39 is 12.0 Å². The molecule has 6 nitrogen and oxygen atoms in total. The lowest BCUT2D eigenvalue weighted by Gasteiger charge is -2.32. The second kappa shape index (κ2) is 7.52. The van der Waals surface area contributed by atoms with Gasteiger partial charge in [0, 0.05) is 25.2 Å². The first-order chi connectivity index (χ1) is 8.16. The SMILES string of the molecule is COCCOCC(=O)N1CCSCC1C(=O)O. The second-order valence-corrected chi connectivity index (χ2v) is 4.71. The van der Waals surface area contributed by atoms with Crippen molar-refractivity contribution in [3.63, 3.8) is 0 Å². The lowest BCUT2D eigenvalue weighted by molar-refractivity contribution is -0.151. The highest BCUT2D eigenvalue weighted by Gasteiger charge is 2.32. The largest absolute Gasteiger partial charge is 0.480 e. The third-order valence-corrected chi connectivity index (χ3v) is 3.41. The summed E-state index contributed by atoms with van der Waals surface area (Å²) in [6.07, 6.45) is 0. The smallest absolute Gasteiger partial charge is 0.327 e. The topological polar surface area (TPSA) is 76.1 Å². The van der Waals surface area contributed by atoms with Gasteiger partial charge >= 0.3 is 5.97 Å². The van der Waals surface area contributed by atoms with Crippen LogP contribution in [0.4, 0.5) is 0 Å². The van der Waals surface area contributed by atoms with Crippen molar-refractivity contribution in [1.82, 2.24) is 4.90 Å². The number of ether oxygens (including phenoxy) is 2. The van der Waals surface area contributed by atoms with Crippen LogP contribution in [0.1, 0.15) is 0 Å². The van der Waals surface area contributed by atoms with Gasteiger partial charge in [0.2, 0.25) is 5.91 Å². The summed E-state index contributed by atoms with van der Waals surface area (Å²) in [5.41, 5.74) is 0. The van der Waals surface area contributed by atoms with E-state index in [4.69, 9.17) is 14.6 Å². The molecule has 1 rings (SSSR count). The first kappa shape index (κ1) is 14.3. The van der Waals surface area contributed by atoms with Crippen LogP contribution in [0.25, 0.3) is 0 Å². The van der Waals surface area contributed by atoms with E-state index in [1.54, 1.807) is 18.9 Å². The number of thioether (sulfide) groups is 1. The average molecular weight is 263 g/mol. The average Bonchev–Trinajstić information content (AvgIpc) is 2.34. The van der Waals surface area contributed by atoms with Crippen molar-refractivity contribution in [3.05, 3.63) is 0 Å². The predicted octanol–water partition coefficient (Wildman–Crippen LogP) is -0.322. The van der Waals surface area contributed by atoms with Crippen molar-refractivity contribution in [2.24, 2.45) is 0 Å². The minimum Gasteiger partial charge on any atom is -0.480 e. The number of carbonyl (C=O) groups excluding carboxylic acids is 1. The molecule has 98 valence electrons. The van der Waals surface area contributed by atoms with Gasteiger partial charge in [0.05, 0.1) is 13.2 Å². The molecule has 0 aromatic rings. The van der Waals surface area contributed by atoms with Crippen LogP contribution in [0, 0.1) is 0 Å². The Bertz CT molecular complexity index is 273. The van der Waals surface area contributed by atoms with E-state index in [0.29, 0.717) is 25.5 Å². The van der Waals surface area contributed by atoms with E-state index in [1.165, 1.54) is 4.90 Å². The molecule has 0 bridgehead atoms. The van der Waals surface area contributed by atoms with Gasteiger partial charge in [0.15, 0.2) is 0 Å². The molecule has 1 unspecified atom stereocenters. The molecule has 0 radical (unpaired) electrons. The maximum atomic E-state index is 11.8. The molecular weight excluding hydrogens is 246 g/mol. The number of carbonyl (C=O) groups is 2. The zero-order valence-corrected chi connectivity index (χ0v) is 10.6. The molecule has 7 heteroatoms. The highest BCUT2D eigenvalue weighted by molar-refractivity contribution is 7.99.